The van der Waals surface area contributed by atoms with Crippen molar-refractivity contribution in [1.29, 1.82) is 0 Å². The maximum atomic E-state index is 10.7. The van der Waals surface area contributed by atoms with Crippen LogP contribution in [0.25, 0.3) is 0 Å². The average Bonchev–Trinajstić information content (AvgIpc) is 2.16. The number of carbonyl (C=O) groups excluding carboxylic acids is 1. The minimum Gasteiger partial charge on any atom is -0.481 e. The fourth-order valence-electron chi connectivity index (χ4n) is 1.12. The molecule has 0 aliphatic carbocycles. The second-order valence-electron chi connectivity index (χ2n) is 2.99. The van der Waals surface area contributed by atoms with Gasteiger partial charge in [0.05, 0.1) is 0 Å². The quantitative estimate of drug-likeness (QED) is 0.509. The van der Waals surface area contributed by atoms with E-state index in [-0.39, 0.29) is 10.3 Å². The lowest BCUT2D eigenvalue weighted by Gasteiger charge is -2.02. The van der Waals surface area contributed by atoms with Gasteiger partial charge in [-0.2, -0.15) is 0 Å². The fraction of sp³-hybridized carbons (Fsp3) is 0.200. The summed E-state index contributed by atoms with van der Waals surface area (Å²) in [5, 5.41) is 11.1. The number of hydrogen-bond acceptors (Lipinski definition) is 2. The van der Waals surface area contributed by atoms with Crippen molar-refractivity contribution in [3.05, 3.63) is 29.8 Å². The van der Waals surface area contributed by atoms with Crippen LogP contribution in [0.1, 0.15) is 12.0 Å². The van der Waals surface area contributed by atoms with Crippen molar-refractivity contribution in [1.82, 2.24) is 0 Å². The monoisotopic (exact) mass is 319 g/mol. The van der Waals surface area contributed by atoms with Crippen LogP contribution in [0.15, 0.2) is 24.3 Å². The molecule has 0 saturated heterocycles. The Hall–Kier alpha value is -1.11. The van der Waals surface area contributed by atoms with Gasteiger partial charge in [-0.1, -0.05) is 12.1 Å². The number of aliphatic carboxylic acids is 1. The van der Waals surface area contributed by atoms with Crippen LogP contribution in [-0.4, -0.2) is 15.0 Å². The zero-order chi connectivity index (χ0) is 11.3. The Labute approximate surface area is 101 Å². The highest BCUT2D eigenvalue weighted by Gasteiger charge is 2.00. The molecule has 0 saturated carbocycles. The van der Waals surface area contributed by atoms with Crippen molar-refractivity contribution >= 4 is 38.2 Å². The van der Waals surface area contributed by atoms with Gasteiger partial charge in [0.15, 0.2) is 0 Å². The van der Waals surface area contributed by atoms with Gasteiger partial charge in [-0.05, 0) is 24.1 Å². The predicted octanol–water partition coefficient (Wildman–Crippen LogP) is 2.67. The second-order valence-corrected chi connectivity index (χ2v) is 3.97. The molecular formula is C10H10INO3. The lowest BCUT2D eigenvalue weighted by molar-refractivity contribution is -0.136. The second kappa shape index (κ2) is 5.69. The van der Waals surface area contributed by atoms with Crippen LogP contribution in [0.2, 0.25) is 0 Å². The standard InChI is InChI=1S/C10H10INO3/c11-10(15)12-8-4-1-7(2-5-8)3-6-9(13)14/h1-2,4-5H,3,6H2,(H,12,15)(H,13,14). The van der Waals surface area contributed by atoms with Crippen LogP contribution in [-0.2, 0) is 11.2 Å². The highest BCUT2D eigenvalue weighted by molar-refractivity contribution is 14.1. The van der Waals surface area contributed by atoms with Crippen molar-refractivity contribution in [3.8, 4) is 0 Å². The molecule has 5 heteroatoms. The molecule has 2 N–H and O–H groups in total. The molecule has 0 radical (unpaired) electrons. The zero-order valence-electron chi connectivity index (χ0n) is 7.87. The van der Waals surface area contributed by atoms with Crippen molar-refractivity contribution in [2.75, 3.05) is 5.32 Å². The van der Waals surface area contributed by atoms with Crippen LogP contribution in [0.3, 0.4) is 0 Å². The van der Waals surface area contributed by atoms with Gasteiger partial charge in [0, 0.05) is 34.7 Å². The van der Waals surface area contributed by atoms with E-state index in [9.17, 15) is 9.59 Å². The molecular weight excluding hydrogens is 309 g/mol. The number of hydrogen-bond donors (Lipinski definition) is 2. The molecule has 15 heavy (non-hydrogen) atoms. The van der Waals surface area contributed by atoms with Gasteiger partial charge in [-0.15, -0.1) is 0 Å². The molecule has 1 rings (SSSR count). The first-order valence-corrected chi connectivity index (χ1v) is 5.43. The Morgan fingerprint density at radius 3 is 2.33 bits per heavy atom. The number of benzene rings is 1. The number of carboxylic acid groups (broad SMARTS) is 1. The van der Waals surface area contributed by atoms with E-state index in [1.54, 1.807) is 34.7 Å². The van der Waals surface area contributed by atoms with Gasteiger partial charge in [-0.25, -0.2) is 0 Å². The number of anilines is 1. The maximum Gasteiger partial charge on any atom is 0.303 e. The van der Waals surface area contributed by atoms with Crippen molar-refractivity contribution in [2.24, 2.45) is 0 Å². The molecule has 0 spiro atoms. The normalized spacial score (nSPS) is 9.67. The number of aryl methyl sites for hydroxylation is 1. The van der Waals surface area contributed by atoms with Crippen molar-refractivity contribution in [2.45, 2.75) is 12.8 Å². The average molecular weight is 319 g/mol. The summed E-state index contributed by atoms with van der Waals surface area (Å²) in [6, 6.07) is 7.14. The Morgan fingerprint density at radius 2 is 1.87 bits per heavy atom. The van der Waals surface area contributed by atoms with Crippen LogP contribution >= 0.6 is 22.6 Å². The lowest BCUT2D eigenvalue weighted by atomic mass is 10.1. The van der Waals surface area contributed by atoms with E-state index in [0.29, 0.717) is 12.1 Å². The van der Waals surface area contributed by atoms with Crippen molar-refractivity contribution in [3.63, 3.8) is 0 Å². The van der Waals surface area contributed by atoms with E-state index < -0.39 is 5.97 Å². The molecule has 1 aromatic carbocycles. The molecule has 0 bridgehead atoms. The van der Waals surface area contributed by atoms with Gasteiger partial charge >= 0.3 is 5.97 Å². The molecule has 1 amide bonds. The number of rotatable bonds is 4. The topological polar surface area (TPSA) is 66.4 Å². The third-order valence-corrected chi connectivity index (χ3v) is 2.09. The van der Waals surface area contributed by atoms with Gasteiger partial charge in [-0.3, -0.25) is 9.59 Å². The molecule has 0 fully saturated rings. The summed E-state index contributed by atoms with van der Waals surface area (Å²) in [7, 11) is 0. The van der Waals surface area contributed by atoms with E-state index in [1.165, 1.54) is 0 Å². The first-order valence-electron chi connectivity index (χ1n) is 4.35. The molecule has 0 atom stereocenters. The van der Waals surface area contributed by atoms with Gasteiger partial charge in [0.1, 0.15) is 0 Å². The van der Waals surface area contributed by atoms with E-state index in [2.05, 4.69) is 5.32 Å². The summed E-state index contributed by atoms with van der Waals surface area (Å²) < 4.78 is -0.147. The fourth-order valence-corrected chi connectivity index (χ4v) is 1.43. The summed E-state index contributed by atoms with van der Waals surface area (Å²) >= 11 is 1.65. The van der Waals surface area contributed by atoms with E-state index in [4.69, 9.17) is 5.11 Å². The summed E-state index contributed by atoms with van der Waals surface area (Å²) in [5.41, 5.74) is 1.66. The van der Waals surface area contributed by atoms with Crippen LogP contribution < -0.4 is 5.32 Å². The molecule has 80 valence electrons. The number of carboxylic acids is 1. The number of halogens is 1. The largest absolute Gasteiger partial charge is 0.481 e. The number of amides is 1. The maximum absolute atomic E-state index is 10.7. The van der Waals surface area contributed by atoms with Gasteiger partial charge < -0.3 is 10.4 Å². The number of nitrogens with one attached hydrogen (secondary N) is 1. The van der Waals surface area contributed by atoms with Gasteiger partial charge in [0.2, 0.25) is 0 Å². The summed E-state index contributed by atoms with van der Waals surface area (Å²) in [4.78, 5) is 21.0. The Morgan fingerprint density at radius 1 is 1.27 bits per heavy atom. The highest BCUT2D eigenvalue weighted by atomic mass is 127. The minimum absolute atomic E-state index is 0.123. The van der Waals surface area contributed by atoms with Crippen molar-refractivity contribution < 1.29 is 14.7 Å². The SMILES string of the molecule is O=C(O)CCc1ccc(NC(=O)I)cc1. The van der Waals surface area contributed by atoms with Crippen LogP contribution in [0.5, 0.6) is 0 Å². The van der Waals surface area contributed by atoms with Crippen LogP contribution in [0.4, 0.5) is 10.5 Å². The molecule has 0 aromatic heterocycles. The molecule has 0 aliphatic heterocycles. The Kier molecular flexibility index (Phi) is 4.54. The summed E-state index contributed by atoms with van der Waals surface area (Å²) in [5.74, 6) is -0.806. The lowest BCUT2D eigenvalue weighted by Crippen LogP contribution is -2.01. The van der Waals surface area contributed by atoms with E-state index in [0.717, 1.165) is 5.56 Å². The zero-order valence-corrected chi connectivity index (χ0v) is 10.0. The molecule has 0 aliphatic rings. The Bertz CT molecular complexity index is 361. The first-order chi connectivity index (χ1) is 7.08. The summed E-state index contributed by atoms with van der Waals surface area (Å²) in [6.07, 6.45) is 0.631. The predicted molar refractivity (Wildman–Crippen MR) is 65.4 cm³/mol. The number of carbonyl (C=O) groups is 2. The minimum atomic E-state index is -0.806. The molecule has 0 heterocycles. The highest BCUT2D eigenvalue weighted by Crippen LogP contribution is 2.12. The van der Waals surface area contributed by atoms with E-state index in [1.807, 2.05) is 12.1 Å². The Balaban J connectivity index is 2.56. The molecule has 0 unspecified atom stereocenters. The first kappa shape index (κ1) is 12.0. The summed E-state index contributed by atoms with van der Waals surface area (Å²) in [6.45, 7) is 0. The van der Waals surface area contributed by atoms with Gasteiger partial charge in [0.25, 0.3) is 3.91 Å². The third-order valence-electron chi connectivity index (χ3n) is 1.82. The smallest absolute Gasteiger partial charge is 0.303 e. The van der Waals surface area contributed by atoms with Crippen LogP contribution in [0, 0.1) is 0 Å². The molecule has 4 nitrogen and oxygen atoms in total. The molecule has 1 aromatic rings. The third kappa shape index (κ3) is 4.78. The van der Waals surface area contributed by atoms with E-state index >= 15 is 0 Å².